The van der Waals surface area contributed by atoms with Gasteiger partial charge in [-0.2, -0.15) is 14.9 Å². The standard InChI is InChI=1S/C20H17N5O2/c1-13-18-19(25(23-13)16-9-4-3-5-10-16)22-14(2)24(20(18)27)21-12-15-8-6-7-11-17(15)26/h3-12,26H,1-2H3/b21-12+. The van der Waals surface area contributed by atoms with Gasteiger partial charge in [0.25, 0.3) is 5.56 Å². The lowest BCUT2D eigenvalue weighted by atomic mass is 10.2. The fourth-order valence-corrected chi connectivity index (χ4v) is 2.92. The van der Waals surface area contributed by atoms with Crippen molar-refractivity contribution < 1.29 is 5.11 Å². The largest absolute Gasteiger partial charge is 0.507 e. The zero-order valence-electron chi connectivity index (χ0n) is 14.9. The van der Waals surface area contributed by atoms with E-state index in [0.29, 0.717) is 28.1 Å². The molecule has 2 aromatic heterocycles. The van der Waals surface area contributed by atoms with Gasteiger partial charge in [-0.3, -0.25) is 4.79 Å². The van der Waals surface area contributed by atoms with Crippen molar-refractivity contribution in [3.05, 3.63) is 82.0 Å². The van der Waals surface area contributed by atoms with Crippen molar-refractivity contribution in [2.24, 2.45) is 5.10 Å². The highest BCUT2D eigenvalue weighted by molar-refractivity contribution is 5.83. The predicted octanol–water partition coefficient (Wildman–Crippen LogP) is 2.79. The first-order valence-electron chi connectivity index (χ1n) is 8.43. The summed E-state index contributed by atoms with van der Waals surface area (Å²) >= 11 is 0. The zero-order chi connectivity index (χ0) is 19.0. The normalized spacial score (nSPS) is 11.5. The van der Waals surface area contributed by atoms with Crippen LogP contribution in [0.5, 0.6) is 5.75 Å². The van der Waals surface area contributed by atoms with Gasteiger partial charge in [-0.05, 0) is 38.1 Å². The molecule has 0 aliphatic carbocycles. The summed E-state index contributed by atoms with van der Waals surface area (Å²) in [5.74, 6) is 0.519. The van der Waals surface area contributed by atoms with Crippen molar-refractivity contribution in [3.63, 3.8) is 0 Å². The third kappa shape index (κ3) is 2.89. The summed E-state index contributed by atoms with van der Waals surface area (Å²) in [5, 5.41) is 19.0. The van der Waals surface area contributed by atoms with Crippen molar-refractivity contribution in [1.82, 2.24) is 19.4 Å². The summed E-state index contributed by atoms with van der Waals surface area (Å²) in [4.78, 5) is 17.6. The highest BCUT2D eigenvalue weighted by Gasteiger charge is 2.17. The minimum absolute atomic E-state index is 0.0917. The molecule has 1 N–H and O–H groups in total. The van der Waals surface area contributed by atoms with Gasteiger partial charge in [0, 0.05) is 5.56 Å². The van der Waals surface area contributed by atoms with Crippen LogP contribution < -0.4 is 5.56 Å². The van der Waals surface area contributed by atoms with Crippen molar-refractivity contribution in [3.8, 4) is 11.4 Å². The number of phenols is 1. The Morgan fingerprint density at radius 3 is 2.48 bits per heavy atom. The molecule has 0 fully saturated rings. The van der Waals surface area contributed by atoms with Gasteiger partial charge in [0.05, 0.1) is 17.6 Å². The highest BCUT2D eigenvalue weighted by Crippen LogP contribution is 2.18. The summed E-state index contributed by atoms with van der Waals surface area (Å²) in [6.07, 6.45) is 1.44. The summed E-state index contributed by atoms with van der Waals surface area (Å²) in [5.41, 5.74) is 2.12. The molecule has 27 heavy (non-hydrogen) atoms. The van der Waals surface area contributed by atoms with Crippen LogP contribution in [0.15, 0.2) is 64.5 Å². The molecule has 7 nitrogen and oxygen atoms in total. The molecule has 134 valence electrons. The number of benzene rings is 2. The number of fused-ring (bicyclic) bond motifs is 1. The number of nitrogens with zero attached hydrogens (tertiary/aromatic N) is 5. The minimum atomic E-state index is -0.302. The SMILES string of the molecule is Cc1nn(-c2ccccc2)c2nc(C)n(/N=C/c3ccccc3O)c(=O)c12. The number of hydrogen-bond donors (Lipinski definition) is 1. The van der Waals surface area contributed by atoms with Crippen LogP contribution in [-0.2, 0) is 0 Å². The van der Waals surface area contributed by atoms with Gasteiger partial charge in [0.1, 0.15) is 17.0 Å². The first-order chi connectivity index (χ1) is 13.1. The van der Waals surface area contributed by atoms with E-state index in [2.05, 4.69) is 15.2 Å². The van der Waals surface area contributed by atoms with Crippen molar-refractivity contribution in [2.75, 3.05) is 0 Å². The van der Waals surface area contributed by atoms with Crippen LogP contribution in [0.25, 0.3) is 16.7 Å². The van der Waals surface area contributed by atoms with E-state index in [1.165, 1.54) is 10.9 Å². The van der Waals surface area contributed by atoms with E-state index >= 15 is 0 Å². The fourth-order valence-electron chi connectivity index (χ4n) is 2.92. The third-order valence-electron chi connectivity index (χ3n) is 4.27. The molecule has 4 rings (SSSR count). The molecule has 0 bridgehead atoms. The van der Waals surface area contributed by atoms with Gasteiger partial charge < -0.3 is 5.11 Å². The van der Waals surface area contributed by atoms with Crippen molar-refractivity contribution >= 4 is 17.2 Å². The molecule has 2 aromatic carbocycles. The van der Waals surface area contributed by atoms with Crippen LogP contribution >= 0.6 is 0 Å². The number of aryl methyl sites for hydroxylation is 2. The van der Waals surface area contributed by atoms with E-state index < -0.39 is 0 Å². The molecule has 0 atom stereocenters. The van der Waals surface area contributed by atoms with E-state index in [1.807, 2.05) is 30.3 Å². The second-order valence-corrected chi connectivity index (χ2v) is 6.11. The van der Waals surface area contributed by atoms with E-state index in [9.17, 15) is 9.90 Å². The number of aromatic hydroxyl groups is 1. The van der Waals surface area contributed by atoms with Crippen LogP contribution in [0.2, 0.25) is 0 Å². The molecule has 0 aliphatic rings. The van der Waals surface area contributed by atoms with Crippen molar-refractivity contribution in [1.29, 1.82) is 0 Å². The highest BCUT2D eigenvalue weighted by atomic mass is 16.3. The molecule has 7 heteroatoms. The first kappa shape index (κ1) is 16.7. The first-order valence-corrected chi connectivity index (χ1v) is 8.43. The maximum atomic E-state index is 13.0. The molecular weight excluding hydrogens is 342 g/mol. The lowest BCUT2D eigenvalue weighted by molar-refractivity contribution is 0.474. The Morgan fingerprint density at radius 2 is 1.74 bits per heavy atom. The molecule has 0 saturated carbocycles. The maximum absolute atomic E-state index is 13.0. The Labute approximate surface area is 154 Å². The Bertz CT molecular complexity index is 1220. The lowest BCUT2D eigenvalue weighted by Gasteiger charge is -2.06. The maximum Gasteiger partial charge on any atom is 0.285 e. The molecule has 0 unspecified atom stereocenters. The van der Waals surface area contributed by atoms with Crippen LogP contribution in [0.3, 0.4) is 0 Å². The van der Waals surface area contributed by atoms with Crippen LogP contribution in [0.1, 0.15) is 17.1 Å². The molecule has 0 spiro atoms. The Hall–Kier alpha value is -3.74. The molecular formula is C20H17N5O2. The fraction of sp³-hybridized carbons (Fsp3) is 0.100. The molecule has 0 radical (unpaired) electrons. The van der Waals surface area contributed by atoms with Gasteiger partial charge in [-0.25, -0.2) is 9.67 Å². The molecule has 2 heterocycles. The lowest BCUT2D eigenvalue weighted by Crippen LogP contribution is -2.21. The molecule has 0 aliphatic heterocycles. The van der Waals surface area contributed by atoms with E-state index in [4.69, 9.17) is 0 Å². The molecule has 0 saturated heterocycles. The van der Waals surface area contributed by atoms with Crippen LogP contribution in [-0.4, -0.2) is 30.8 Å². The molecule has 0 amide bonds. The number of hydrogen-bond acceptors (Lipinski definition) is 5. The summed E-state index contributed by atoms with van der Waals surface area (Å²) in [7, 11) is 0. The van der Waals surface area contributed by atoms with Gasteiger partial charge in [-0.15, -0.1) is 0 Å². The Balaban J connectivity index is 1.89. The number of para-hydroxylation sites is 2. The van der Waals surface area contributed by atoms with Gasteiger partial charge in [0.15, 0.2) is 5.65 Å². The van der Waals surface area contributed by atoms with E-state index in [-0.39, 0.29) is 11.3 Å². The quantitative estimate of drug-likeness (QED) is 0.570. The average molecular weight is 359 g/mol. The minimum Gasteiger partial charge on any atom is -0.507 e. The summed E-state index contributed by atoms with van der Waals surface area (Å²) < 4.78 is 2.88. The second kappa shape index (κ2) is 6.53. The zero-order valence-corrected chi connectivity index (χ0v) is 14.9. The Morgan fingerprint density at radius 1 is 1.04 bits per heavy atom. The second-order valence-electron chi connectivity index (χ2n) is 6.11. The number of rotatable bonds is 3. The van der Waals surface area contributed by atoms with E-state index in [1.54, 1.807) is 42.8 Å². The van der Waals surface area contributed by atoms with E-state index in [0.717, 1.165) is 5.69 Å². The monoisotopic (exact) mass is 359 g/mol. The third-order valence-corrected chi connectivity index (χ3v) is 4.27. The average Bonchev–Trinajstić information content (AvgIpc) is 3.00. The molecule has 4 aromatic rings. The smallest absolute Gasteiger partial charge is 0.285 e. The topological polar surface area (TPSA) is 85.3 Å². The van der Waals surface area contributed by atoms with Crippen molar-refractivity contribution in [2.45, 2.75) is 13.8 Å². The van der Waals surface area contributed by atoms with Gasteiger partial charge >= 0.3 is 0 Å². The summed E-state index contributed by atoms with van der Waals surface area (Å²) in [6.45, 7) is 3.48. The van der Waals surface area contributed by atoms with Gasteiger partial charge in [-0.1, -0.05) is 30.3 Å². The van der Waals surface area contributed by atoms with Crippen LogP contribution in [0.4, 0.5) is 0 Å². The Kier molecular flexibility index (Phi) is 4.04. The predicted molar refractivity (Wildman–Crippen MR) is 104 cm³/mol. The number of aromatic nitrogens is 4. The van der Waals surface area contributed by atoms with Gasteiger partial charge in [0.2, 0.25) is 0 Å². The van der Waals surface area contributed by atoms with Crippen LogP contribution in [0, 0.1) is 13.8 Å². The number of phenolic OH excluding ortho intramolecular Hbond substituents is 1. The summed E-state index contributed by atoms with van der Waals surface area (Å²) in [6, 6.07) is 16.3.